The fourth-order valence-corrected chi connectivity index (χ4v) is 2.40. The molecule has 17 heavy (non-hydrogen) atoms. The largest absolute Gasteiger partial charge is 0.370 e. The standard InChI is InChI=1S/C14H22N2O/c1-7-8(2)10(4)14(11(5)9(7)3)12(15)6-13(16)17/h12H,6,15H2,1-5H3,(H2,16,17). The Morgan fingerprint density at radius 3 is 1.65 bits per heavy atom. The van der Waals surface area contributed by atoms with Crippen LogP contribution in [0.1, 0.15) is 45.8 Å². The minimum Gasteiger partial charge on any atom is -0.370 e. The molecule has 0 saturated heterocycles. The highest BCUT2D eigenvalue weighted by atomic mass is 16.1. The Kier molecular flexibility index (Phi) is 3.94. The van der Waals surface area contributed by atoms with Gasteiger partial charge in [0.15, 0.2) is 0 Å². The van der Waals surface area contributed by atoms with Crippen LogP contribution in [-0.4, -0.2) is 5.91 Å². The SMILES string of the molecule is Cc1c(C)c(C)c(C(N)CC(N)=O)c(C)c1C. The maximum absolute atomic E-state index is 11.0. The molecule has 3 nitrogen and oxygen atoms in total. The highest BCUT2D eigenvalue weighted by Crippen LogP contribution is 2.30. The lowest BCUT2D eigenvalue weighted by Gasteiger charge is -2.22. The maximum Gasteiger partial charge on any atom is 0.219 e. The van der Waals surface area contributed by atoms with Crippen molar-refractivity contribution in [1.82, 2.24) is 0 Å². The van der Waals surface area contributed by atoms with E-state index in [0.717, 1.165) is 5.56 Å². The average molecular weight is 234 g/mol. The van der Waals surface area contributed by atoms with Crippen LogP contribution in [0, 0.1) is 34.6 Å². The predicted octanol–water partition coefficient (Wildman–Crippen LogP) is 2.10. The molecule has 0 aliphatic carbocycles. The highest BCUT2D eigenvalue weighted by molar-refractivity contribution is 5.75. The Balaban J connectivity index is 3.38. The van der Waals surface area contributed by atoms with Crippen molar-refractivity contribution in [2.45, 2.75) is 47.1 Å². The van der Waals surface area contributed by atoms with Gasteiger partial charge in [0.05, 0.1) is 0 Å². The molecule has 4 N–H and O–H groups in total. The van der Waals surface area contributed by atoms with E-state index in [9.17, 15) is 4.79 Å². The molecule has 1 aromatic rings. The van der Waals surface area contributed by atoms with Crippen molar-refractivity contribution in [1.29, 1.82) is 0 Å². The maximum atomic E-state index is 11.0. The Morgan fingerprint density at radius 1 is 0.941 bits per heavy atom. The van der Waals surface area contributed by atoms with Crippen LogP contribution in [0.4, 0.5) is 0 Å². The number of benzene rings is 1. The lowest BCUT2D eigenvalue weighted by molar-refractivity contribution is -0.118. The van der Waals surface area contributed by atoms with E-state index in [1.54, 1.807) is 0 Å². The van der Waals surface area contributed by atoms with E-state index in [2.05, 4.69) is 34.6 Å². The normalized spacial score (nSPS) is 12.6. The molecule has 1 rings (SSSR count). The second-order valence-corrected chi connectivity index (χ2v) is 4.82. The van der Waals surface area contributed by atoms with E-state index in [0.29, 0.717) is 0 Å². The lowest BCUT2D eigenvalue weighted by atomic mass is 9.85. The van der Waals surface area contributed by atoms with Crippen LogP contribution < -0.4 is 11.5 Å². The Morgan fingerprint density at radius 2 is 1.29 bits per heavy atom. The number of nitrogens with two attached hydrogens (primary N) is 2. The molecular weight excluding hydrogens is 212 g/mol. The van der Waals surface area contributed by atoms with Crippen molar-refractivity contribution in [2.75, 3.05) is 0 Å². The van der Waals surface area contributed by atoms with E-state index >= 15 is 0 Å². The van der Waals surface area contributed by atoms with Gasteiger partial charge in [0, 0.05) is 12.5 Å². The number of hydrogen-bond acceptors (Lipinski definition) is 2. The molecule has 0 aromatic heterocycles. The zero-order chi connectivity index (χ0) is 13.3. The predicted molar refractivity (Wildman–Crippen MR) is 70.9 cm³/mol. The Hall–Kier alpha value is -1.35. The van der Waals surface area contributed by atoms with Gasteiger partial charge in [0.1, 0.15) is 0 Å². The van der Waals surface area contributed by atoms with Crippen LogP contribution in [0.15, 0.2) is 0 Å². The van der Waals surface area contributed by atoms with E-state index in [4.69, 9.17) is 11.5 Å². The van der Waals surface area contributed by atoms with Gasteiger partial charge >= 0.3 is 0 Å². The third kappa shape index (κ3) is 2.50. The van der Waals surface area contributed by atoms with Crippen LogP contribution in [0.3, 0.4) is 0 Å². The van der Waals surface area contributed by atoms with Crippen molar-refractivity contribution in [2.24, 2.45) is 11.5 Å². The van der Waals surface area contributed by atoms with Gasteiger partial charge in [0.2, 0.25) is 5.91 Å². The third-order valence-electron chi connectivity index (χ3n) is 3.85. The summed E-state index contributed by atoms with van der Waals surface area (Å²) >= 11 is 0. The Labute approximate surface area is 103 Å². The van der Waals surface area contributed by atoms with Gasteiger partial charge < -0.3 is 11.5 Å². The molecule has 0 radical (unpaired) electrons. The summed E-state index contributed by atoms with van der Waals surface area (Å²) in [6, 6.07) is -0.300. The van der Waals surface area contributed by atoms with Crippen molar-refractivity contribution in [3.8, 4) is 0 Å². The lowest BCUT2D eigenvalue weighted by Crippen LogP contribution is -2.23. The van der Waals surface area contributed by atoms with Crippen molar-refractivity contribution < 1.29 is 4.79 Å². The second kappa shape index (κ2) is 4.88. The molecule has 1 amide bonds. The summed E-state index contributed by atoms with van der Waals surface area (Å²) in [6.45, 7) is 10.4. The molecule has 94 valence electrons. The first-order valence-corrected chi connectivity index (χ1v) is 5.88. The van der Waals surface area contributed by atoms with Gasteiger partial charge in [-0.15, -0.1) is 0 Å². The molecule has 1 unspecified atom stereocenters. The van der Waals surface area contributed by atoms with E-state index < -0.39 is 0 Å². The zero-order valence-electron chi connectivity index (χ0n) is 11.3. The van der Waals surface area contributed by atoms with Crippen LogP contribution in [0.25, 0.3) is 0 Å². The van der Waals surface area contributed by atoms with Gasteiger partial charge in [0.25, 0.3) is 0 Å². The van der Waals surface area contributed by atoms with Crippen molar-refractivity contribution in [3.63, 3.8) is 0 Å². The third-order valence-corrected chi connectivity index (χ3v) is 3.85. The topological polar surface area (TPSA) is 69.1 Å². The van der Waals surface area contributed by atoms with E-state index in [-0.39, 0.29) is 18.4 Å². The van der Waals surface area contributed by atoms with Gasteiger partial charge in [-0.2, -0.15) is 0 Å². The van der Waals surface area contributed by atoms with Gasteiger partial charge in [-0.05, 0) is 68.0 Å². The minimum atomic E-state index is -0.354. The van der Waals surface area contributed by atoms with Crippen molar-refractivity contribution >= 4 is 5.91 Å². The molecule has 3 heteroatoms. The summed E-state index contributed by atoms with van der Waals surface area (Å²) in [4.78, 5) is 11.0. The summed E-state index contributed by atoms with van der Waals surface area (Å²) in [5, 5.41) is 0. The summed E-state index contributed by atoms with van der Waals surface area (Å²) in [6.07, 6.45) is 0.198. The quantitative estimate of drug-likeness (QED) is 0.841. The number of rotatable bonds is 3. The molecule has 0 fully saturated rings. The summed E-state index contributed by atoms with van der Waals surface area (Å²) in [5.74, 6) is -0.354. The molecule has 0 bridgehead atoms. The van der Waals surface area contributed by atoms with Crippen LogP contribution in [0.5, 0.6) is 0 Å². The smallest absolute Gasteiger partial charge is 0.219 e. The van der Waals surface area contributed by atoms with Gasteiger partial charge in [-0.3, -0.25) is 4.79 Å². The summed E-state index contributed by atoms with van der Waals surface area (Å²) in [7, 11) is 0. The van der Waals surface area contributed by atoms with Crippen LogP contribution >= 0.6 is 0 Å². The number of carbonyl (C=O) groups excluding carboxylic acids is 1. The number of primary amides is 1. The molecule has 0 saturated carbocycles. The van der Waals surface area contributed by atoms with Crippen molar-refractivity contribution in [3.05, 3.63) is 33.4 Å². The van der Waals surface area contributed by atoms with E-state index in [1.165, 1.54) is 27.8 Å². The first-order valence-electron chi connectivity index (χ1n) is 5.88. The molecule has 0 spiro atoms. The first kappa shape index (κ1) is 13.7. The minimum absolute atomic E-state index is 0.198. The Bertz CT molecular complexity index is 435. The molecule has 0 heterocycles. The number of hydrogen-bond donors (Lipinski definition) is 2. The number of amides is 1. The summed E-state index contributed by atoms with van der Waals surface area (Å²) < 4.78 is 0. The molecule has 1 aromatic carbocycles. The summed E-state index contributed by atoms with van der Waals surface area (Å²) in [5.41, 5.74) is 18.5. The first-order chi connectivity index (χ1) is 7.77. The van der Waals surface area contributed by atoms with Gasteiger partial charge in [-0.1, -0.05) is 0 Å². The average Bonchev–Trinajstić information content (AvgIpc) is 2.23. The molecule has 0 aliphatic rings. The molecule has 0 aliphatic heterocycles. The second-order valence-electron chi connectivity index (χ2n) is 4.82. The fraction of sp³-hybridized carbons (Fsp3) is 0.500. The van der Waals surface area contributed by atoms with E-state index in [1.807, 2.05) is 0 Å². The van der Waals surface area contributed by atoms with Gasteiger partial charge in [-0.25, -0.2) is 0 Å². The van der Waals surface area contributed by atoms with Crippen LogP contribution in [0.2, 0.25) is 0 Å². The monoisotopic (exact) mass is 234 g/mol. The van der Waals surface area contributed by atoms with Crippen LogP contribution in [-0.2, 0) is 4.79 Å². The highest BCUT2D eigenvalue weighted by Gasteiger charge is 2.18. The zero-order valence-corrected chi connectivity index (χ0v) is 11.3. The molecular formula is C14H22N2O. The molecule has 1 atom stereocenters. The number of carbonyl (C=O) groups is 1. The fourth-order valence-electron chi connectivity index (χ4n) is 2.40.